The minimum atomic E-state index is 0.933. The highest BCUT2D eigenvalue weighted by Gasteiger charge is 2.16. The molecule has 0 radical (unpaired) electrons. The van der Waals surface area contributed by atoms with Gasteiger partial charge in [-0.3, -0.25) is 4.40 Å². The number of imidazole rings is 1. The van der Waals surface area contributed by atoms with Crippen LogP contribution in [0.25, 0.3) is 83.4 Å². The molecule has 0 aliphatic heterocycles. The first-order valence-corrected chi connectivity index (χ1v) is 13.9. The van der Waals surface area contributed by atoms with E-state index in [-0.39, 0.29) is 0 Å². The van der Waals surface area contributed by atoms with E-state index in [9.17, 15) is 0 Å². The fraction of sp³-hybridized carbons (Fsp3) is 0. The van der Waals surface area contributed by atoms with Gasteiger partial charge in [0.1, 0.15) is 5.65 Å². The molecule has 8 aromatic rings. The molecular formula is C39H26N2. The average molecular weight is 523 g/mol. The van der Waals surface area contributed by atoms with Crippen LogP contribution in [0, 0.1) is 0 Å². The Kier molecular flexibility index (Phi) is 5.16. The van der Waals surface area contributed by atoms with Gasteiger partial charge < -0.3 is 0 Å². The predicted octanol–water partition coefficient (Wildman–Crippen LogP) is 10.6. The first kappa shape index (κ1) is 23.4. The molecule has 0 saturated carbocycles. The fourth-order valence-corrected chi connectivity index (χ4v) is 6.40. The highest BCUT2D eigenvalue weighted by Crippen LogP contribution is 2.37. The largest absolute Gasteiger partial charge is 0.292 e. The Morgan fingerprint density at radius 3 is 2.02 bits per heavy atom. The summed E-state index contributed by atoms with van der Waals surface area (Å²) >= 11 is 0. The van der Waals surface area contributed by atoms with Crippen LogP contribution in [-0.2, 0) is 0 Å². The molecule has 0 N–H and O–H groups in total. The second-order valence-corrected chi connectivity index (χ2v) is 10.5. The number of hydrogen-bond donors (Lipinski definition) is 0. The van der Waals surface area contributed by atoms with E-state index in [4.69, 9.17) is 4.98 Å². The fourth-order valence-electron chi connectivity index (χ4n) is 6.40. The van der Waals surface area contributed by atoms with Crippen LogP contribution in [0.2, 0.25) is 0 Å². The summed E-state index contributed by atoms with van der Waals surface area (Å²) in [6, 6.07) is 43.5. The summed E-state index contributed by atoms with van der Waals surface area (Å²) in [5, 5.41) is 7.33. The highest BCUT2D eigenvalue weighted by atomic mass is 15.0. The van der Waals surface area contributed by atoms with Crippen LogP contribution in [0.4, 0.5) is 0 Å². The Morgan fingerprint density at radius 2 is 1.22 bits per heavy atom. The van der Waals surface area contributed by atoms with Crippen LogP contribution in [0.1, 0.15) is 11.3 Å². The molecule has 0 spiro atoms. The summed E-state index contributed by atoms with van der Waals surface area (Å²) in [6.07, 6.45) is 3.83. The Morgan fingerprint density at radius 1 is 0.537 bits per heavy atom. The standard InChI is InChI=1S/C39H26N2/c1-3-29-33-22-21-27(23-35(33)39-40-36-15-9-10-16-38(36)41(39)37(29)4-2)25-17-19-26(20-18-25)34-24-28-11-5-6-12-30(28)31-13-7-8-14-32(31)34/h3-24H,1-2H2. The van der Waals surface area contributed by atoms with E-state index >= 15 is 0 Å². The molecule has 2 heteroatoms. The molecule has 0 aliphatic carbocycles. The molecule has 0 bridgehead atoms. The van der Waals surface area contributed by atoms with Gasteiger partial charge in [-0.05, 0) is 79.5 Å². The zero-order valence-electron chi connectivity index (χ0n) is 22.5. The lowest BCUT2D eigenvalue weighted by atomic mass is 9.92. The normalized spacial score (nSPS) is 11.6. The van der Waals surface area contributed by atoms with E-state index in [1.807, 2.05) is 18.2 Å². The Bertz CT molecular complexity index is 2340. The van der Waals surface area contributed by atoms with Crippen LogP contribution in [0.3, 0.4) is 0 Å². The van der Waals surface area contributed by atoms with Crippen LogP contribution >= 0.6 is 0 Å². The van der Waals surface area contributed by atoms with E-state index in [0.717, 1.165) is 44.3 Å². The number of rotatable bonds is 4. The number of benzene rings is 6. The number of aromatic nitrogens is 2. The predicted molar refractivity (Wildman–Crippen MR) is 176 cm³/mol. The second kappa shape index (κ2) is 9.04. The van der Waals surface area contributed by atoms with Crippen LogP contribution in [-0.4, -0.2) is 9.38 Å². The third kappa shape index (κ3) is 3.48. The van der Waals surface area contributed by atoms with E-state index in [0.29, 0.717) is 0 Å². The van der Waals surface area contributed by atoms with Crippen LogP contribution < -0.4 is 0 Å². The van der Waals surface area contributed by atoms with E-state index in [1.165, 1.54) is 38.2 Å². The zero-order valence-corrected chi connectivity index (χ0v) is 22.5. The number of nitrogens with zero attached hydrogens (tertiary/aromatic N) is 2. The quantitative estimate of drug-likeness (QED) is 0.210. The molecule has 6 aromatic carbocycles. The maximum Gasteiger partial charge on any atom is 0.146 e. The van der Waals surface area contributed by atoms with Crippen molar-refractivity contribution in [2.45, 2.75) is 0 Å². The van der Waals surface area contributed by atoms with Crippen molar-refractivity contribution in [1.82, 2.24) is 9.38 Å². The molecule has 2 heterocycles. The molecule has 0 unspecified atom stereocenters. The molecule has 0 amide bonds. The van der Waals surface area contributed by atoms with E-state index < -0.39 is 0 Å². The van der Waals surface area contributed by atoms with E-state index in [1.54, 1.807) is 0 Å². The minimum Gasteiger partial charge on any atom is -0.292 e. The monoisotopic (exact) mass is 522 g/mol. The van der Waals surface area contributed by atoms with Gasteiger partial charge in [-0.25, -0.2) is 4.98 Å². The molecule has 2 nitrogen and oxygen atoms in total. The molecule has 0 fully saturated rings. The molecule has 41 heavy (non-hydrogen) atoms. The van der Waals surface area contributed by atoms with Gasteiger partial charge in [0.2, 0.25) is 0 Å². The first-order chi connectivity index (χ1) is 20.2. The van der Waals surface area contributed by atoms with Crippen LogP contribution in [0.15, 0.2) is 134 Å². The van der Waals surface area contributed by atoms with Crippen molar-refractivity contribution in [1.29, 1.82) is 0 Å². The lowest BCUT2D eigenvalue weighted by molar-refractivity contribution is 1.21. The summed E-state index contributed by atoms with van der Waals surface area (Å²) in [5.74, 6) is 0. The van der Waals surface area contributed by atoms with Gasteiger partial charge in [0.05, 0.1) is 16.7 Å². The molecule has 8 rings (SSSR count). The molecular weight excluding hydrogens is 496 g/mol. The smallest absolute Gasteiger partial charge is 0.146 e. The third-order valence-corrected chi connectivity index (χ3v) is 8.32. The SMILES string of the molecule is C=Cc1c(C=C)n2c3ccccc3nc2c2cc(-c3ccc(-c4cc5ccccc5c5ccccc45)cc3)ccc12. The average Bonchev–Trinajstić information content (AvgIpc) is 3.43. The summed E-state index contributed by atoms with van der Waals surface area (Å²) in [5.41, 5.74) is 9.83. The maximum atomic E-state index is 5.05. The van der Waals surface area contributed by atoms with Crippen molar-refractivity contribution in [3.05, 3.63) is 146 Å². The van der Waals surface area contributed by atoms with Gasteiger partial charge in [-0.15, -0.1) is 0 Å². The van der Waals surface area contributed by atoms with Crippen LogP contribution in [0.5, 0.6) is 0 Å². The van der Waals surface area contributed by atoms with Gasteiger partial charge in [-0.1, -0.05) is 116 Å². The second-order valence-electron chi connectivity index (χ2n) is 10.5. The van der Waals surface area contributed by atoms with Crippen molar-refractivity contribution in [3.8, 4) is 22.3 Å². The zero-order chi connectivity index (χ0) is 27.5. The summed E-state index contributed by atoms with van der Waals surface area (Å²) in [6.45, 7) is 8.26. The maximum absolute atomic E-state index is 5.05. The van der Waals surface area contributed by atoms with Gasteiger partial charge in [0.25, 0.3) is 0 Å². The van der Waals surface area contributed by atoms with Gasteiger partial charge >= 0.3 is 0 Å². The molecule has 0 saturated heterocycles. The number of pyridine rings is 1. The van der Waals surface area contributed by atoms with Crippen molar-refractivity contribution in [3.63, 3.8) is 0 Å². The third-order valence-electron chi connectivity index (χ3n) is 8.32. The Hall–Kier alpha value is -5.47. The number of para-hydroxylation sites is 2. The summed E-state index contributed by atoms with van der Waals surface area (Å²) in [4.78, 5) is 5.05. The van der Waals surface area contributed by atoms with Crippen molar-refractivity contribution < 1.29 is 0 Å². The summed E-state index contributed by atoms with van der Waals surface area (Å²) in [7, 11) is 0. The molecule has 0 atom stereocenters. The van der Waals surface area contributed by atoms with Gasteiger partial charge in [0, 0.05) is 10.9 Å². The summed E-state index contributed by atoms with van der Waals surface area (Å²) < 4.78 is 2.21. The lowest BCUT2D eigenvalue weighted by Crippen LogP contribution is -1.97. The van der Waals surface area contributed by atoms with Crippen molar-refractivity contribution >= 4 is 61.1 Å². The first-order valence-electron chi connectivity index (χ1n) is 13.9. The van der Waals surface area contributed by atoms with Crippen molar-refractivity contribution in [2.75, 3.05) is 0 Å². The molecule has 0 aliphatic rings. The Labute approximate surface area is 238 Å². The Balaban J connectivity index is 1.31. The van der Waals surface area contributed by atoms with Gasteiger partial charge in [-0.2, -0.15) is 0 Å². The van der Waals surface area contributed by atoms with Gasteiger partial charge in [0.15, 0.2) is 0 Å². The topological polar surface area (TPSA) is 17.3 Å². The highest BCUT2D eigenvalue weighted by molar-refractivity contribution is 6.14. The lowest BCUT2D eigenvalue weighted by Gasteiger charge is -2.14. The minimum absolute atomic E-state index is 0.933. The number of hydrogen-bond acceptors (Lipinski definition) is 1. The van der Waals surface area contributed by atoms with Crippen molar-refractivity contribution in [2.24, 2.45) is 0 Å². The number of fused-ring (bicyclic) bond motifs is 8. The van der Waals surface area contributed by atoms with E-state index in [2.05, 4.69) is 133 Å². The molecule has 192 valence electrons. The molecule has 2 aromatic heterocycles.